The molecule has 7 heteroatoms. The molecule has 5 nitrogen and oxygen atoms in total. The van der Waals surface area contributed by atoms with Crippen molar-refractivity contribution in [1.82, 2.24) is 0 Å². The molecule has 0 aliphatic rings. The molecule has 0 spiro atoms. The van der Waals surface area contributed by atoms with Gasteiger partial charge in [-0.2, -0.15) is 0 Å². The smallest absolute Gasteiger partial charge is 0.335 e. The molecule has 0 saturated heterocycles. The zero-order valence-corrected chi connectivity index (χ0v) is 12.1. The highest BCUT2D eigenvalue weighted by Gasteiger charge is 2.12. The maximum Gasteiger partial charge on any atom is 0.335 e. The van der Waals surface area contributed by atoms with Gasteiger partial charge in [0.25, 0.3) is 5.91 Å². The van der Waals surface area contributed by atoms with Crippen LogP contribution in [0.1, 0.15) is 20.7 Å². The van der Waals surface area contributed by atoms with Gasteiger partial charge in [-0.15, -0.1) is 0 Å². The van der Waals surface area contributed by atoms with Crippen LogP contribution in [0.5, 0.6) is 0 Å². The third kappa shape index (κ3) is 3.45. The van der Waals surface area contributed by atoms with E-state index in [2.05, 4.69) is 5.32 Å². The van der Waals surface area contributed by atoms with Crippen LogP contribution in [-0.4, -0.2) is 17.0 Å². The van der Waals surface area contributed by atoms with Crippen molar-refractivity contribution >= 4 is 46.5 Å². The monoisotopic (exact) mass is 324 g/mol. The van der Waals surface area contributed by atoms with Gasteiger partial charge in [0.2, 0.25) is 0 Å². The predicted molar refractivity (Wildman–Crippen MR) is 82.2 cm³/mol. The highest BCUT2D eigenvalue weighted by Crippen LogP contribution is 2.29. The first-order chi connectivity index (χ1) is 9.88. The van der Waals surface area contributed by atoms with Crippen LogP contribution in [0.4, 0.5) is 11.4 Å². The second-order valence-electron chi connectivity index (χ2n) is 4.19. The minimum atomic E-state index is -1.08. The fraction of sp³-hybridized carbons (Fsp3) is 0. The Hall–Kier alpha value is -2.24. The summed E-state index contributed by atoms with van der Waals surface area (Å²) in [6, 6.07) is 8.65. The number of carbonyl (C=O) groups is 2. The molecule has 0 bridgehead atoms. The summed E-state index contributed by atoms with van der Waals surface area (Å²) in [7, 11) is 0. The van der Waals surface area contributed by atoms with Crippen LogP contribution in [-0.2, 0) is 0 Å². The first-order valence-corrected chi connectivity index (χ1v) is 6.53. The Morgan fingerprint density at radius 3 is 2.24 bits per heavy atom. The first-order valence-electron chi connectivity index (χ1n) is 5.77. The van der Waals surface area contributed by atoms with Gasteiger partial charge in [-0.1, -0.05) is 29.3 Å². The Kier molecular flexibility index (Phi) is 4.35. The van der Waals surface area contributed by atoms with Gasteiger partial charge in [-0.3, -0.25) is 4.79 Å². The molecule has 0 heterocycles. The van der Waals surface area contributed by atoms with Crippen molar-refractivity contribution in [3.8, 4) is 0 Å². The number of carbonyl (C=O) groups excluding carboxylic acids is 1. The number of anilines is 2. The number of nitrogen functional groups attached to an aromatic ring is 1. The molecule has 0 fully saturated rings. The van der Waals surface area contributed by atoms with Crippen molar-refractivity contribution in [3.05, 3.63) is 57.6 Å². The quantitative estimate of drug-likeness (QED) is 0.753. The second-order valence-corrected chi connectivity index (χ2v) is 5.01. The summed E-state index contributed by atoms with van der Waals surface area (Å²) in [5, 5.41) is 11.8. The normalized spacial score (nSPS) is 10.2. The van der Waals surface area contributed by atoms with Gasteiger partial charge in [0.1, 0.15) is 0 Å². The molecule has 0 unspecified atom stereocenters. The number of carboxylic acid groups (broad SMARTS) is 1. The predicted octanol–water partition coefficient (Wildman–Crippen LogP) is 3.53. The Bertz CT molecular complexity index is 709. The van der Waals surface area contributed by atoms with E-state index < -0.39 is 11.9 Å². The van der Waals surface area contributed by atoms with Crippen molar-refractivity contribution in [2.24, 2.45) is 0 Å². The van der Waals surface area contributed by atoms with E-state index in [1.165, 1.54) is 30.3 Å². The minimum Gasteiger partial charge on any atom is -0.478 e. The van der Waals surface area contributed by atoms with Crippen LogP contribution in [0.2, 0.25) is 10.0 Å². The van der Waals surface area contributed by atoms with Crippen molar-refractivity contribution in [3.63, 3.8) is 0 Å². The maximum atomic E-state index is 12.1. The molecule has 2 aromatic rings. The molecule has 108 valence electrons. The van der Waals surface area contributed by atoms with Gasteiger partial charge < -0.3 is 16.2 Å². The Labute approximate surface area is 130 Å². The summed E-state index contributed by atoms with van der Waals surface area (Å²) in [5.74, 6) is -1.55. The number of carboxylic acids is 1. The molecule has 0 radical (unpaired) electrons. The van der Waals surface area contributed by atoms with Crippen LogP contribution in [0.15, 0.2) is 36.4 Å². The van der Waals surface area contributed by atoms with Crippen molar-refractivity contribution < 1.29 is 14.7 Å². The molecule has 4 N–H and O–H groups in total. The molecular formula is C14H10Cl2N2O3. The summed E-state index contributed by atoms with van der Waals surface area (Å²) in [6.45, 7) is 0. The lowest BCUT2D eigenvalue weighted by molar-refractivity contribution is 0.0696. The van der Waals surface area contributed by atoms with Gasteiger partial charge in [-0.05, 0) is 30.3 Å². The zero-order chi connectivity index (χ0) is 15.6. The SMILES string of the molecule is Nc1c(Cl)cc(C(=O)Nc2cccc(C(=O)O)c2)cc1Cl. The summed E-state index contributed by atoms with van der Waals surface area (Å²) >= 11 is 11.7. The molecule has 1 amide bonds. The van der Waals surface area contributed by atoms with Gasteiger partial charge in [0.05, 0.1) is 21.3 Å². The van der Waals surface area contributed by atoms with Crippen molar-refractivity contribution in [2.45, 2.75) is 0 Å². The van der Waals surface area contributed by atoms with E-state index in [0.717, 1.165) is 0 Å². The number of hydrogen-bond donors (Lipinski definition) is 3. The van der Waals surface area contributed by atoms with Crippen LogP contribution in [0, 0.1) is 0 Å². The van der Waals surface area contributed by atoms with Crippen LogP contribution < -0.4 is 11.1 Å². The molecule has 0 saturated carbocycles. The van der Waals surface area contributed by atoms with Crippen LogP contribution in [0.25, 0.3) is 0 Å². The van der Waals surface area contributed by atoms with Gasteiger partial charge in [0.15, 0.2) is 0 Å². The Balaban J connectivity index is 2.26. The van der Waals surface area contributed by atoms with Crippen LogP contribution in [0.3, 0.4) is 0 Å². The molecule has 2 rings (SSSR count). The van der Waals surface area contributed by atoms with E-state index in [9.17, 15) is 9.59 Å². The lowest BCUT2D eigenvalue weighted by atomic mass is 10.1. The van der Waals surface area contributed by atoms with E-state index in [1.54, 1.807) is 6.07 Å². The second kappa shape index (κ2) is 6.03. The Morgan fingerprint density at radius 1 is 1.05 bits per heavy atom. The van der Waals surface area contributed by atoms with Gasteiger partial charge in [-0.25, -0.2) is 4.79 Å². The van der Waals surface area contributed by atoms with Gasteiger partial charge >= 0.3 is 5.97 Å². The highest BCUT2D eigenvalue weighted by atomic mass is 35.5. The first kappa shape index (κ1) is 15.2. The fourth-order valence-corrected chi connectivity index (χ4v) is 2.14. The number of benzene rings is 2. The fourth-order valence-electron chi connectivity index (χ4n) is 1.65. The molecule has 2 aromatic carbocycles. The van der Waals surface area contributed by atoms with E-state index in [-0.39, 0.29) is 26.9 Å². The van der Waals surface area contributed by atoms with E-state index in [1.807, 2.05) is 0 Å². The van der Waals surface area contributed by atoms with Crippen molar-refractivity contribution in [1.29, 1.82) is 0 Å². The number of aromatic carboxylic acids is 1. The summed E-state index contributed by atoms with van der Waals surface area (Å²) in [4.78, 5) is 23.0. The van der Waals surface area contributed by atoms with Gasteiger partial charge in [0, 0.05) is 11.3 Å². The third-order valence-electron chi connectivity index (χ3n) is 2.71. The lowest BCUT2D eigenvalue weighted by Crippen LogP contribution is -2.12. The number of hydrogen-bond acceptors (Lipinski definition) is 3. The molecule has 0 aliphatic carbocycles. The number of nitrogens with two attached hydrogens (primary N) is 1. The van der Waals surface area contributed by atoms with E-state index in [0.29, 0.717) is 5.69 Å². The number of rotatable bonds is 3. The van der Waals surface area contributed by atoms with Crippen molar-refractivity contribution in [2.75, 3.05) is 11.1 Å². The van der Waals surface area contributed by atoms with E-state index in [4.69, 9.17) is 34.0 Å². The molecule has 21 heavy (non-hydrogen) atoms. The molecule has 0 aliphatic heterocycles. The van der Waals surface area contributed by atoms with E-state index >= 15 is 0 Å². The number of nitrogens with one attached hydrogen (secondary N) is 1. The molecule has 0 atom stereocenters. The topological polar surface area (TPSA) is 92.4 Å². The maximum absolute atomic E-state index is 12.1. The number of halogens is 2. The lowest BCUT2D eigenvalue weighted by Gasteiger charge is -2.08. The zero-order valence-electron chi connectivity index (χ0n) is 10.6. The molecule has 0 aromatic heterocycles. The average molecular weight is 325 g/mol. The van der Waals surface area contributed by atoms with Crippen LogP contribution >= 0.6 is 23.2 Å². The summed E-state index contributed by atoms with van der Waals surface area (Å²) < 4.78 is 0. The Morgan fingerprint density at radius 2 is 1.67 bits per heavy atom. The summed E-state index contributed by atoms with van der Waals surface area (Å²) in [5.41, 5.74) is 6.44. The highest BCUT2D eigenvalue weighted by molar-refractivity contribution is 6.39. The number of amides is 1. The summed E-state index contributed by atoms with van der Waals surface area (Å²) in [6.07, 6.45) is 0. The minimum absolute atomic E-state index is 0.0705. The molecular weight excluding hydrogens is 315 g/mol. The third-order valence-corrected chi connectivity index (χ3v) is 3.33. The largest absolute Gasteiger partial charge is 0.478 e. The standard InChI is InChI=1S/C14H10Cl2N2O3/c15-10-5-8(6-11(16)12(10)17)13(19)18-9-3-1-2-7(4-9)14(20)21/h1-6H,17H2,(H,18,19)(H,20,21). The average Bonchev–Trinajstić information content (AvgIpc) is 2.44.